The lowest BCUT2D eigenvalue weighted by Crippen LogP contribution is -2.18. The molecule has 0 bridgehead atoms. The molecule has 9 nitrogen and oxygen atoms in total. The first-order valence-corrected chi connectivity index (χ1v) is 7.98. The second kappa shape index (κ2) is 6.63. The third kappa shape index (κ3) is 2.97. The van der Waals surface area contributed by atoms with E-state index >= 15 is 0 Å². The van der Waals surface area contributed by atoms with Crippen LogP contribution < -0.4 is 5.32 Å². The van der Waals surface area contributed by atoms with Gasteiger partial charge in [-0.15, -0.1) is 0 Å². The Morgan fingerprint density at radius 3 is 2.69 bits per heavy atom. The Kier molecular flexibility index (Phi) is 4.02. The van der Waals surface area contributed by atoms with E-state index in [1.807, 2.05) is 30.3 Å². The molecule has 0 aliphatic rings. The van der Waals surface area contributed by atoms with Crippen molar-refractivity contribution >= 4 is 17.3 Å². The van der Waals surface area contributed by atoms with Crippen LogP contribution in [0.2, 0.25) is 0 Å². The Labute approximate surface area is 148 Å². The average molecular weight is 349 g/mol. The van der Waals surface area contributed by atoms with Crippen LogP contribution in [0.15, 0.2) is 67.4 Å². The van der Waals surface area contributed by atoms with Gasteiger partial charge in [0.2, 0.25) is 11.5 Å². The van der Waals surface area contributed by atoms with Crippen LogP contribution in [0.5, 0.6) is 0 Å². The first kappa shape index (κ1) is 15.8. The molecule has 0 spiro atoms. The molecule has 3 aromatic heterocycles. The van der Waals surface area contributed by atoms with Gasteiger partial charge in [-0.3, -0.25) is 4.68 Å². The summed E-state index contributed by atoms with van der Waals surface area (Å²) in [7, 11) is 0. The molecule has 1 N–H and O–H groups in total. The van der Waals surface area contributed by atoms with Gasteiger partial charge in [0.15, 0.2) is 0 Å². The van der Waals surface area contributed by atoms with E-state index in [4.69, 9.17) is 0 Å². The van der Waals surface area contributed by atoms with Gasteiger partial charge in [-0.05, 0) is 16.6 Å². The summed E-state index contributed by atoms with van der Waals surface area (Å²) < 4.78 is 3.13. The highest BCUT2D eigenvalue weighted by Gasteiger charge is 2.25. The van der Waals surface area contributed by atoms with Crippen molar-refractivity contribution in [2.75, 3.05) is 5.32 Å². The lowest BCUT2D eigenvalue weighted by Gasteiger charge is -2.18. The molecule has 0 fully saturated rings. The second-order valence-corrected chi connectivity index (χ2v) is 5.70. The van der Waals surface area contributed by atoms with Crippen molar-refractivity contribution in [2.45, 2.75) is 12.6 Å². The largest absolute Gasteiger partial charge is 0.372 e. The maximum absolute atomic E-state index is 11.6. The van der Waals surface area contributed by atoms with Crippen LogP contribution in [0.25, 0.3) is 5.65 Å². The number of fused-ring (bicyclic) bond motifs is 1. The minimum Gasteiger partial charge on any atom is -0.358 e. The number of nitrogens with zero attached hydrogens (tertiary/aromatic N) is 6. The molecule has 1 atom stereocenters. The predicted molar refractivity (Wildman–Crippen MR) is 94.7 cm³/mol. The fourth-order valence-electron chi connectivity index (χ4n) is 2.85. The molecule has 0 saturated heterocycles. The molecular formula is C17H15N7O2. The predicted octanol–water partition coefficient (Wildman–Crippen LogP) is 2.69. The van der Waals surface area contributed by atoms with E-state index in [1.54, 1.807) is 35.4 Å². The standard InChI is InChI=1S/C17H15N7O2/c25-24(26)17-16(21-15-8-4-5-9-23(15)17)20-14(10-22-12-18-11-19-22)13-6-2-1-3-7-13/h1-9,11-12,14,20H,10H2/t14-/m0/s1. The van der Waals surface area contributed by atoms with Crippen LogP contribution >= 0.6 is 0 Å². The minimum atomic E-state index is -0.431. The van der Waals surface area contributed by atoms with Gasteiger partial charge in [-0.1, -0.05) is 36.4 Å². The summed E-state index contributed by atoms with van der Waals surface area (Å²) in [6, 6.07) is 14.7. The van der Waals surface area contributed by atoms with Crippen LogP contribution in [0.1, 0.15) is 11.6 Å². The summed E-state index contributed by atoms with van der Waals surface area (Å²) in [5.74, 6) is 0.121. The molecule has 0 unspecified atom stereocenters. The summed E-state index contributed by atoms with van der Waals surface area (Å²) in [5, 5.41) is 18.9. The number of aromatic nitrogens is 5. The monoisotopic (exact) mass is 349 g/mol. The van der Waals surface area contributed by atoms with Gasteiger partial charge in [0.1, 0.15) is 12.7 Å². The number of anilines is 1. The lowest BCUT2D eigenvalue weighted by atomic mass is 10.1. The van der Waals surface area contributed by atoms with E-state index in [0.717, 1.165) is 5.56 Å². The molecular weight excluding hydrogens is 334 g/mol. The van der Waals surface area contributed by atoms with Crippen molar-refractivity contribution in [1.82, 2.24) is 24.1 Å². The summed E-state index contributed by atoms with van der Waals surface area (Å²) in [4.78, 5) is 19.5. The van der Waals surface area contributed by atoms with Crippen LogP contribution in [0.3, 0.4) is 0 Å². The van der Waals surface area contributed by atoms with E-state index < -0.39 is 4.92 Å². The van der Waals surface area contributed by atoms with Gasteiger partial charge in [0, 0.05) is 6.07 Å². The normalized spacial score (nSPS) is 12.2. The zero-order valence-electron chi connectivity index (χ0n) is 13.6. The Hall–Kier alpha value is -3.75. The number of rotatable bonds is 6. The SMILES string of the molecule is O=[N+]([O-])c1c(N[C@@H](Cn2cncn2)c2ccccc2)nc2ccccn12. The van der Waals surface area contributed by atoms with E-state index in [9.17, 15) is 10.1 Å². The third-order valence-electron chi connectivity index (χ3n) is 4.03. The average Bonchev–Trinajstić information content (AvgIpc) is 3.29. The highest BCUT2D eigenvalue weighted by atomic mass is 16.6. The smallest absolute Gasteiger partial charge is 0.358 e. The maximum Gasteiger partial charge on any atom is 0.372 e. The molecule has 0 aliphatic carbocycles. The Morgan fingerprint density at radius 1 is 1.15 bits per heavy atom. The molecule has 9 heteroatoms. The quantitative estimate of drug-likeness (QED) is 0.424. The summed E-state index contributed by atoms with van der Waals surface area (Å²) in [5.41, 5.74) is 1.48. The van der Waals surface area contributed by atoms with Crippen molar-refractivity contribution < 1.29 is 4.92 Å². The summed E-state index contributed by atoms with van der Waals surface area (Å²) >= 11 is 0. The lowest BCUT2D eigenvalue weighted by molar-refractivity contribution is -0.389. The van der Waals surface area contributed by atoms with Gasteiger partial charge in [0.05, 0.1) is 18.8 Å². The molecule has 1 aromatic carbocycles. The number of hydrogen-bond acceptors (Lipinski definition) is 6. The molecule has 0 saturated carbocycles. The number of imidazole rings is 1. The van der Waals surface area contributed by atoms with E-state index in [2.05, 4.69) is 20.4 Å². The molecule has 4 rings (SSSR count). The van der Waals surface area contributed by atoms with E-state index in [0.29, 0.717) is 12.2 Å². The van der Waals surface area contributed by atoms with Gasteiger partial charge >= 0.3 is 5.82 Å². The van der Waals surface area contributed by atoms with Crippen molar-refractivity contribution in [1.29, 1.82) is 0 Å². The minimum absolute atomic E-state index is 0.0971. The number of nitro groups is 1. The van der Waals surface area contributed by atoms with Crippen molar-refractivity contribution in [3.05, 3.63) is 83.1 Å². The van der Waals surface area contributed by atoms with Crippen molar-refractivity contribution in [3.63, 3.8) is 0 Å². The molecule has 26 heavy (non-hydrogen) atoms. The highest BCUT2D eigenvalue weighted by Crippen LogP contribution is 2.29. The first-order valence-electron chi connectivity index (χ1n) is 7.98. The number of benzene rings is 1. The highest BCUT2D eigenvalue weighted by molar-refractivity contribution is 5.62. The third-order valence-corrected chi connectivity index (χ3v) is 4.03. The van der Waals surface area contributed by atoms with Crippen molar-refractivity contribution in [3.8, 4) is 0 Å². The van der Waals surface area contributed by atoms with Gasteiger partial charge < -0.3 is 15.4 Å². The Bertz CT molecular complexity index is 1030. The molecule has 0 aliphatic heterocycles. The maximum atomic E-state index is 11.6. The fourth-order valence-corrected chi connectivity index (χ4v) is 2.85. The molecule has 4 aromatic rings. The van der Waals surface area contributed by atoms with Crippen LogP contribution in [0.4, 0.5) is 11.6 Å². The van der Waals surface area contributed by atoms with Gasteiger partial charge in [-0.25, -0.2) is 4.98 Å². The van der Waals surface area contributed by atoms with Gasteiger partial charge in [0.25, 0.3) is 0 Å². The number of nitrogens with one attached hydrogen (secondary N) is 1. The summed E-state index contributed by atoms with van der Waals surface area (Å²) in [6.45, 7) is 0.453. The van der Waals surface area contributed by atoms with E-state index in [1.165, 1.54) is 10.7 Å². The zero-order chi connectivity index (χ0) is 17.9. The number of pyridine rings is 1. The topological polar surface area (TPSA) is 103 Å². The van der Waals surface area contributed by atoms with Crippen LogP contribution in [-0.4, -0.2) is 29.1 Å². The number of hydrogen-bond donors (Lipinski definition) is 1. The summed E-state index contributed by atoms with van der Waals surface area (Å²) in [6.07, 6.45) is 4.69. The fraction of sp³-hybridized carbons (Fsp3) is 0.118. The van der Waals surface area contributed by atoms with Crippen molar-refractivity contribution in [2.24, 2.45) is 0 Å². The first-order chi connectivity index (χ1) is 12.7. The second-order valence-electron chi connectivity index (χ2n) is 5.70. The Balaban J connectivity index is 1.75. The molecule has 3 heterocycles. The molecule has 130 valence electrons. The van der Waals surface area contributed by atoms with Crippen LogP contribution in [-0.2, 0) is 6.54 Å². The van der Waals surface area contributed by atoms with E-state index in [-0.39, 0.29) is 17.7 Å². The molecule has 0 amide bonds. The zero-order valence-corrected chi connectivity index (χ0v) is 13.6. The Morgan fingerprint density at radius 2 is 1.96 bits per heavy atom. The van der Waals surface area contributed by atoms with Crippen LogP contribution in [0, 0.1) is 10.1 Å². The molecule has 0 radical (unpaired) electrons. The van der Waals surface area contributed by atoms with Gasteiger partial charge in [-0.2, -0.15) is 14.5 Å².